The third-order valence-electron chi connectivity index (χ3n) is 3.43. The number of para-hydroxylation sites is 1. The molecule has 0 aliphatic carbocycles. The van der Waals surface area contributed by atoms with Gasteiger partial charge < -0.3 is 15.2 Å². The van der Waals surface area contributed by atoms with Gasteiger partial charge in [0.1, 0.15) is 5.75 Å². The number of urea groups is 1. The van der Waals surface area contributed by atoms with Gasteiger partial charge in [0, 0.05) is 0 Å². The van der Waals surface area contributed by atoms with E-state index in [1.54, 1.807) is 12.2 Å². The first kappa shape index (κ1) is 21.7. The SMILES string of the molecule is CCOc1ccc(S(=O)(=O)Nc2ccccc2C(=O)OCC(=O)NC(N)=O)cc1. The van der Waals surface area contributed by atoms with Crippen molar-refractivity contribution in [3.05, 3.63) is 54.1 Å². The Labute approximate surface area is 167 Å². The first-order valence-electron chi connectivity index (χ1n) is 8.34. The zero-order chi connectivity index (χ0) is 21.4. The lowest BCUT2D eigenvalue weighted by atomic mass is 10.2. The molecule has 29 heavy (non-hydrogen) atoms. The molecule has 0 bridgehead atoms. The number of nitrogens with two attached hydrogens (primary N) is 1. The number of benzene rings is 2. The van der Waals surface area contributed by atoms with E-state index < -0.39 is 34.5 Å². The van der Waals surface area contributed by atoms with Crippen molar-refractivity contribution in [3.63, 3.8) is 0 Å². The van der Waals surface area contributed by atoms with Crippen LogP contribution in [0.15, 0.2) is 53.4 Å². The van der Waals surface area contributed by atoms with Gasteiger partial charge in [-0.15, -0.1) is 0 Å². The minimum absolute atomic E-state index is 0.0371. The smallest absolute Gasteiger partial charge is 0.340 e. The van der Waals surface area contributed by atoms with Crippen molar-refractivity contribution in [3.8, 4) is 5.75 Å². The van der Waals surface area contributed by atoms with Gasteiger partial charge in [0.05, 0.1) is 22.8 Å². The summed E-state index contributed by atoms with van der Waals surface area (Å²) in [4.78, 5) is 34.1. The van der Waals surface area contributed by atoms with Crippen molar-refractivity contribution in [2.45, 2.75) is 11.8 Å². The van der Waals surface area contributed by atoms with Crippen molar-refractivity contribution in [2.75, 3.05) is 17.9 Å². The van der Waals surface area contributed by atoms with Crippen LogP contribution in [-0.4, -0.2) is 39.5 Å². The predicted octanol–water partition coefficient (Wildman–Crippen LogP) is 1.24. The summed E-state index contributed by atoms with van der Waals surface area (Å²) in [6.45, 7) is 1.48. The molecule has 0 saturated heterocycles. The number of imide groups is 1. The topological polar surface area (TPSA) is 154 Å². The largest absolute Gasteiger partial charge is 0.494 e. The number of primary amides is 1. The molecule has 2 aromatic carbocycles. The van der Waals surface area contributed by atoms with Gasteiger partial charge in [0.25, 0.3) is 15.9 Å². The molecule has 0 aromatic heterocycles. The van der Waals surface area contributed by atoms with Crippen LogP contribution in [0, 0.1) is 0 Å². The van der Waals surface area contributed by atoms with E-state index in [1.165, 1.54) is 48.5 Å². The number of hydrogen-bond donors (Lipinski definition) is 3. The molecular formula is C18H19N3O7S. The molecule has 2 aromatic rings. The molecule has 4 N–H and O–H groups in total. The maximum atomic E-state index is 12.6. The third kappa shape index (κ3) is 6.21. The summed E-state index contributed by atoms with van der Waals surface area (Å²) in [5.41, 5.74) is 4.63. The lowest BCUT2D eigenvalue weighted by molar-refractivity contribution is -0.123. The van der Waals surface area contributed by atoms with Crippen LogP contribution in [-0.2, 0) is 19.6 Å². The highest BCUT2D eigenvalue weighted by atomic mass is 32.2. The fourth-order valence-electron chi connectivity index (χ4n) is 2.22. The number of anilines is 1. The van der Waals surface area contributed by atoms with E-state index in [0.29, 0.717) is 12.4 Å². The Kier molecular flexibility index (Phi) is 7.15. The summed E-state index contributed by atoms with van der Waals surface area (Å²) in [5, 5.41) is 1.74. The molecule has 154 valence electrons. The standard InChI is InChI=1S/C18H19N3O7S/c1-2-27-12-7-9-13(10-8-12)29(25,26)21-15-6-4-3-5-14(15)17(23)28-11-16(22)20-18(19)24/h3-10,21H,2,11H2,1H3,(H3,19,20,22,24). The molecule has 0 fully saturated rings. The molecule has 2 rings (SSSR count). The quantitative estimate of drug-likeness (QED) is 0.542. The first-order chi connectivity index (χ1) is 13.7. The lowest BCUT2D eigenvalue weighted by Crippen LogP contribution is -2.37. The molecule has 0 saturated carbocycles. The summed E-state index contributed by atoms with van der Waals surface area (Å²) < 4.78 is 37.6. The number of nitrogens with one attached hydrogen (secondary N) is 2. The van der Waals surface area contributed by atoms with E-state index in [0.717, 1.165) is 0 Å². The van der Waals surface area contributed by atoms with E-state index in [1.807, 2.05) is 0 Å². The van der Waals surface area contributed by atoms with Crippen molar-refractivity contribution in [1.29, 1.82) is 0 Å². The molecule has 0 unspecified atom stereocenters. The summed E-state index contributed by atoms with van der Waals surface area (Å²) in [7, 11) is -4.00. The number of rotatable bonds is 8. The second-order valence-electron chi connectivity index (χ2n) is 5.54. The van der Waals surface area contributed by atoms with Crippen LogP contribution >= 0.6 is 0 Å². The fraction of sp³-hybridized carbons (Fsp3) is 0.167. The number of esters is 1. The molecule has 10 nitrogen and oxygen atoms in total. The van der Waals surface area contributed by atoms with Crippen LogP contribution in [0.3, 0.4) is 0 Å². The molecule has 3 amide bonds. The van der Waals surface area contributed by atoms with Crippen LogP contribution in [0.2, 0.25) is 0 Å². The average Bonchev–Trinajstić information content (AvgIpc) is 2.66. The summed E-state index contributed by atoms with van der Waals surface area (Å²) in [6.07, 6.45) is 0. The highest BCUT2D eigenvalue weighted by Gasteiger charge is 2.20. The van der Waals surface area contributed by atoms with Crippen molar-refractivity contribution < 1.29 is 32.3 Å². The summed E-state index contributed by atoms with van der Waals surface area (Å²) in [6, 6.07) is 10.4. The maximum absolute atomic E-state index is 12.6. The van der Waals surface area contributed by atoms with Gasteiger partial charge in [-0.05, 0) is 43.3 Å². The van der Waals surface area contributed by atoms with Crippen LogP contribution < -0.4 is 20.5 Å². The fourth-order valence-corrected chi connectivity index (χ4v) is 3.30. The highest BCUT2D eigenvalue weighted by Crippen LogP contribution is 2.22. The highest BCUT2D eigenvalue weighted by molar-refractivity contribution is 7.92. The molecule has 11 heteroatoms. The Hall–Kier alpha value is -3.60. The Bertz CT molecular complexity index is 1000. The number of sulfonamides is 1. The zero-order valence-corrected chi connectivity index (χ0v) is 16.2. The Morgan fingerprint density at radius 3 is 2.31 bits per heavy atom. The van der Waals surface area contributed by atoms with E-state index in [4.69, 9.17) is 15.2 Å². The number of carbonyl (C=O) groups is 3. The van der Waals surface area contributed by atoms with Crippen LogP contribution in [0.4, 0.5) is 10.5 Å². The molecule has 0 heterocycles. The van der Waals surface area contributed by atoms with E-state index in [2.05, 4.69) is 4.72 Å². The number of ether oxygens (including phenoxy) is 2. The van der Waals surface area contributed by atoms with Crippen molar-refractivity contribution in [1.82, 2.24) is 5.32 Å². The normalized spacial score (nSPS) is 10.7. The molecule has 0 radical (unpaired) electrons. The number of hydrogen-bond acceptors (Lipinski definition) is 7. The van der Waals surface area contributed by atoms with Gasteiger partial charge in [0.2, 0.25) is 0 Å². The van der Waals surface area contributed by atoms with Gasteiger partial charge in [-0.1, -0.05) is 12.1 Å². The Balaban J connectivity index is 2.16. The van der Waals surface area contributed by atoms with Gasteiger partial charge >= 0.3 is 12.0 Å². The lowest BCUT2D eigenvalue weighted by Gasteiger charge is -2.12. The van der Waals surface area contributed by atoms with Gasteiger partial charge in [-0.3, -0.25) is 14.8 Å². The minimum atomic E-state index is -4.00. The van der Waals surface area contributed by atoms with Gasteiger partial charge in [-0.2, -0.15) is 0 Å². The third-order valence-corrected chi connectivity index (χ3v) is 4.81. The monoisotopic (exact) mass is 421 g/mol. The minimum Gasteiger partial charge on any atom is -0.494 e. The van der Waals surface area contributed by atoms with E-state index in [-0.39, 0.29) is 16.1 Å². The van der Waals surface area contributed by atoms with E-state index in [9.17, 15) is 22.8 Å². The summed E-state index contributed by atoms with van der Waals surface area (Å²) in [5.74, 6) is -1.36. The Morgan fingerprint density at radius 1 is 1.03 bits per heavy atom. The van der Waals surface area contributed by atoms with Gasteiger partial charge in [-0.25, -0.2) is 18.0 Å². The van der Waals surface area contributed by atoms with Crippen molar-refractivity contribution >= 4 is 33.6 Å². The average molecular weight is 421 g/mol. The molecule has 0 aliphatic rings. The molecule has 0 atom stereocenters. The van der Waals surface area contributed by atoms with Crippen molar-refractivity contribution in [2.24, 2.45) is 5.73 Å². The van der Waals surface area contributed by atoms with Crippen LogP contribution in [0.1, 0.15) is 17.3 Å². The predicted molar refractivity (Wildman–Crippen MR) is 103 cm³/mol. The summed E-state index contributed by atoms with van der Waals surface area (Å²) >= 11 is 0. The van der Waals surface area contributed by atoms with E-state index >= 15 is 0 Å². The first-order valence-corrected chi connectivity index (χ1v) is 9.82. The number of amides is 3. The van der Waals surface area contributed by atoms with Crippen LogP contribution in [0.25, 0.3) is 0 Å². The number of carbonyl (C=O) groups excluding carboxylic acids is 3. The molecule has 0 aliphatic heterocycles. The second kappa shape index (κ2) is 9.55. The van der Waals surface area contributed by atoms with Gasteiger partial charge in [0.15, 0.2) is 6.61 Å². The van der Waals surface area contributed by atoms with Crippen LogP contribution in [0.5, 0.6) is 5.75 Å². The second-order valence-corrected chi connectivity index (χ2v) is 7.23. The molecule has 0 spiro atoms. The zero-order valence-electron chi connectivity index (χ0n) is 15.4. The Morgan fingerprint density at radius 2 is 1.69 bits per heavy atom. The maximum Gasteiger partial charge on any atom is 0.340 e. The molecular weight excluding hydrogens is 402 g/mol.